The van der Waals surface area contributed by atoms with Crippen molar-refractivity contribution in [3.8, 4) is 0 Å². The highest BCUT2D eigenvalue weighted by atomic mass is 15.3. The fraction of sp³-hybridized carbons (Fsp3) is 0.692. The summed E-state index contributed by atoms with van der Waals surface area (Å²) < 4.78 is 0. The second kappa shape index (κ2) is 5.42. The van der Waals surface area contributed by atoms with Crippen molar-refractivity contribution < 1.29 is 0 Å². The lowest BCUT2D eigenvalue weighted by atomic mass is 9.93. The number of hydrogen-bond acceptors (Lipinski definition) is 2. The first-order valence-electron chi connectivity index (χ1n) is 6.62. The number of rotatable bonds is 3. The summed E-state index contributed by atoms with van der Waals surface area (Å²) in [5, 5.41) is 10.2. The van der Waals surface area contributed by atoms with E-state index in [2.05, 4.69) is 46.2 Å². The van der Waals surface area contributed by atoms with Crippen molar-refractivity contribution >= 4 is 5.96 Å². The van der Waals surface area contributed by atoms with E-state index in [4.69, 9.17) is 0 Å². The van der Waals surface area contributed by atoms with E-state index in [9.17, 15) is 0 Å². The standard InChI is InChI=1S/C13H23N5/c1-4-14-12(15-9-11-5-7-16-17-11)18-8-6-13(2,3)10-18/h5,7H,4,6,8-10H2,1-3H3,(H,14,15)(H,16,17). The molecule has 0 amide bonds. The number of aliphatic imine (C=N–C) groups is 1. The Hall–Kier alpha value is -1.52. The Kier molecular flexibility index (Phi) is 3.89. The van der Waals surface area contributed by atoms with Crippen LogP contribution in [0.15, 0.2) is 17.3 Å². The second-order valence-electron chi connectivity index (χ2n) is 5.59. The lowest BCUT2D eigenvalue weighted by molar-refractivity contribution is 0.370. The molecule has 18 heavy (non-hydrogen) atoms. The van der Waals surface area contributed by atoms with Crippen LogP contribution in [0.1, 0.15) is 32.9 Å². The zero-order valence-electron chi connectivity index (χ0n) is 11.5. The molecule has 0 saturated carbocycles. The zero-order valence-corrected chi connectivity index (χ0v) is 11.5. The van der Waals surface area contributed by atoms with Crippen LogP contribution < -0.4 is 5.32 Å². The molecule has 5 nitrogen and oxygen atoms in total. The third kappa shape index (κ3) is 3.24. The maximum absolute atomic E-state index is 4.66. The Morgan fingerprint density at radius 3 is 3.00 bits per heavy atom. The van der Waals surface area contributed by atoms with Gasteiger partial charge in [-0.05, 0) is 24.8 Å². The molecule has 0 atom stereocenters. The molecule has 0 aromatic carbocycles. The van der Waals surface area contributed by atoms with Gasteiger partial charge < -0.3 is 10.2 Å². The first-order chi connectivity index (χ1) is 8.61. The van der Waals surface area contributed by atoms with Gasteiger partial charge in [-0.1, -0.05) is 13.8 Å². The zero-order chi connectivity index (χ0) is 13.0. The fourth-order valence-corrected chi connectivity index (χ4v) is 2.25. The average molecular weight is 249 g/mol. The van der Waals surface area contributed by atoms with Gasteiger partial charge in [0.2, 0.25) is 0 Å². The van der Waals surface area contributed by atoms with Gasteiger partial charge in [0, 0.05) is 25.8 Å². The lowest BCUT2D eigenvalue weighted by Gasteiger charge is -2.23. The number of aromatic amines is 1. The van der Waals surface area contributed by atoms with Crippen LogP contribution in [0, 0.1) is 5.41 Å². The second-order valence-corrected chi connectivity index (χ2v) is 5.59. The third-order valence-electron chi connectivity index (χ3n) is 3.27. The smallest absolute Gasteiger partial charge is 0.194 e. The summed E-state index contributed by atoms with van der Waals surface area (Å²) in [6.07, 6.45) is 2.98. The summed E-state index contributed by atoms with van der Waals surface area (Å²) in [5.41, 5.74) is 1.44. The van der Waals surface area contributed by atoms with E-state index in [0.717, 1.165) is 31.3 Å². The van der Waals surface area contributed by atoms with E-state index in [0.29, 0.717) is 12.0 Å². The maximum atomic E-state index is 4.66. The van der Waals surface area contributed by atoms with Gasteiger partial charge in [0.05, 0.1) is 12.2 Å². The lowest BCUT2D eigenvalue weighted by Crippen LogP contribution is -2.40. The number of aromatic nitrogens is 2. The molecule has 0 aliphatic carbocycles. The fourth-order valence-electron chi connectivity index (χ4n) is 2.25. The minimum Gasteiger partial charge on any atom is -0.357 e. The van der Waals surface area contributed by atoms with Gasteiger partial charge in [0.25, 0.3) is 0 Å². The number of likely N-dealkylation sites (tertiary alicyclic amines) is 1. The molecule has 0 spiro atoms. The van der Waals surface area contributed by atoms with Crippen molar-refractivity contribution in [2.24, 2.45) is 10.4 Å². The van der Waals surface area contributed by atoms with Gasteiger partial charge in [-0.25, -0.2) is 4.99 Å². The Bertz CT molecular complexity index is 394. The van der Waals surface area contributed by atoms with Crippen molar-refractivity contribution in [1.82, 2.24) is 20.4 Å². The summed E-state index contributed by atoms with van der Waals surface area (Å²) >= 11 is 0. The van der Waals surface area contributed by atoms with Gasteiger partial charge in [-0.15, -0.1) is 0 Å². The molecule has 2 rings (SSSR count). The van der Waals surface area contributed by atoms with Crippen LogP contribution in [0.2, 0.25) is 0 Å². The molecule has 1 aromatic heterocycles. The highest BCUT2D eigenvalue weighted by Gasteiger charge is 2.30. The summed E-state index contributed by atoms with van der Waals surface area (Å²) in [5.74, 6) is 1.01. The molecule has 5 heteroatoms. The summed E-state index contributed by atoms with van der Waals surface area (Å²) in [6, 6.07) is 1.96. The molecule has 1 fully saturated rings. The highest BCUT2D eigenvalue weighted by molar-refractivity contribution is 5.80. The third-order valence-corrected chi connectivity index (χ3v) is 3.27. The number of nitrogens with zero attached hydrogens (tertiary/aromatic N) is 3. The molecule has 1 aromatic rings. The molecule has 100 valence electrons. The number of hydrogen-bond donors (Lipinski definition) is 2. The normalized spacial score (nSPS) is 19.3. The monoisotopic (exact) mass is 249 g/mol. The van der Waals surface area contributed by atoms with E-state index in [-0.39, 0.29) is 0 Å². The Labute approximate surface area is 109 Å². The quantitative estimate of drug-likeness (QED) is 0.632. The molecule has 0 radical (unpaired) electrons. The Morgan fingerprint density at radius 2 is 2.44 bits per heavy atom. The van der Waals surface area contributed by atoms with Crippen molar-refractivity contribution in [2.45, 2.75) is 33.7 Å². The number of H-pyrrole nitrogens is 1. The summed E-state index contributed by atoms with van der Waals surface area (Å²) in [6.45, 7) is 10.4. The van der Waals surface area contributed by atoms with Gasteiger partial charge in [0.15, 0.2) is 5.96 Å². The van der Waals surface area contributed by atoms with Crippen LogP contribution in [0.4, 0.5) is 0 Å². The number of guanidine groups is 1. The Morgan fingerprint density at radius 1 is 1.61 bits per heavy atom. The van der Waals surface area contributed by atoms with Crippen LogP contribution >= 0.6 is 0 Å². The van der Waals surface area contributed by atoms with Gasteiger partial charge in [-0.2, -0.15) is 5.10 Å². The molecule has 1 aliphatic rings. The molecule has 0 unspecified atom stereocenters. The van der Waals surface area contributed by atoms with Crippen molar-refractivity contribution in [2.75, 3.05) is 19.6 Å². The van der Waals surface area contributed by atoms with Gasteiger partial charge >= 0.3 is 0 Å². The minimum atomic E-state index is 0.393. The van der Waals surface area contributed by atoms with E-state index in [1.165, 1.54) is 6.42 Å². The first kappa shape index (κ1) is 12.9. The maximum Gasteiger partial charge on any atom is 0.194 e. The Balaban J connectivity index is 2.01. The van der Waals surface area contributed by atoms with E-state index in [1.807, 2.05) is 6.07 Å². The summed E-state index contributed by atoms with van der Waals surface area (Å²) in [7, 11) is 0. The van der Waals surface area contributed by atoms with E-state index < -0.39 is 0 Å². The van der Waals surface area contributed by atoms with Crippen LogP contribution in [0.3, 0.4) is 0 Å². The highest BCUT2D eigenvalue weighted by Crippen LogP contribution is 2.28. The summed E-state index contributed by atoms with van der Waals surface area (Å²) in [4.78, 5) is 7.01. The molecular formula is C13H23N5. The van der Waals surface area contributed by atoms with Crippen molar-refractivity contribution in [3.63, 3.8) is 0 Å². The first-order valence-corrected chi connectivity index (χ1v) is 6.62. The molecule has 2 N–H and O–H groups in total. The van der Waals surface area contributed by atoms with Crippen LogP contribution in [-0.4, -0.2) is 40.7 Å². The van der Waals surface area contributed by atoms with Crippen LogP contribution in [0.5, 0.6) is 0 Å². The molecule has 1 saturated heterocycles. The number of nitrogens with one attached hydrogen (secondary N) is 2. The topological polar surface area (TPSA) is 56.3 Å². The van der Waals surface area contributed by atoms with Gasteiger partial charge in [0.1, 0.15) is 0 Å². The molecule has 1 aliphatic heterocycles. The van der Waals surface area contributed by atoms with Crippen LogP contribution in [0.25, 0.3) is 0 Å². The predicted octanol–water partition coefficient (Wildman–Crippen LogP) is 1.61. The molecule has 0 bridgehead atoms. The van der Waals surface area contributed by atoms with Crippen molar-refractivity contribution in [1.29, 1.82) is 0 Å². The minimum absolute atomic E-state index is 0.393. The SMILES string of the molecule is CCNC(=NCc1ccn[nH]1)N1CCC(C)(C)C1. The molecular weight excluding hydrogens is 226 g/mol. The average Bonchev–Trinajstić information content (AvgIpc) is 2.93. The molecule has 2 heterocycles. The van der Waals surface area contributed by atoms with Crippen molar-refractivity contribution in [3.05, 3.63) is 18.0 Å². The largest absolute Gasteiger partial charge is 0.357 e. The predicted molar refractivity (Wildman–Crippen MR) is 73.4 cm³/mol. The van der Waals surface area contributed by atoms with Crippen LogP contribution in [-0.2, 0) is 6.54 Å². The van der Waals surface area contributed by atoms with Gasteiger partial charge in [-0.3, -0.25) is 5.10 Å². The van der Waals surface area contributed by atoms with E-state index >= 15 is 0 Å². The van der Waals surface area contributed by atoms with E-state index in [1.54, 1.807) is 6.20 Å².